The summed E-state index contributed by atoms with van der Waals surface area (Å²) in [4.78, 5) is 0. The van der Waals surface area contributed by atoms with Crippen LogP contribution in [0, 0.1) is 0 Å². The molecule has 1 aromatic carbocycles. The summed E-state index contributed by atoms with van der Waals surface area (Å²) in [5.74, 6) is 1.96. The third kappa shape index (κ3) is 4.31. The number of aryl methyl sites for hydroxylation is 1. The van der Waals surface area contributed by atoms with E-state index in [0.717, 1.165) is 31.2 Å². The average Bonchev–Trinajstić information content (AvgIpc) is 2.45. The normalized spacial score (nSPS) is 12.1. The number of methoxy groups -OCH3 is 3. The molecule has 0 aliphatic heterocycles. The van der Waals surface area contributed by atoms with E-state index in [4.69, 9.17) is 14.2 Å². The van der Waals surface area contributed by atoms with Crippen molar-refractivity contribution in [3.8, 4) is 17.2 Å². The van der Waals surface area contributed by atoms with Crippen molar-refractivity contribution in [2.24, 2.45) is 0 Å². The van der Waals surface area contributed by atoms with Gasteiger partial charge in [-0.2, -0.15) is 0 Å². The van der Waals surface area contributed by atoms with Crippen LogP contribution in [0.25, 0.3) is 0 Å². The zero-order valence-electron chi connectivity index (χ0n) is 12.2. The standard InChI is InChI=1S/C15H24O4/c1-5-12(16)8-6-7-11-9-13(17-2)15(19-4)14(10-11)18-3/h9-10,12,16H,5-8H2,1-4H3. The first-order valence-electron chi connectivity index (χ1n) is 6.63. The second-order valence-corrected chi connectivity index (χ2v) is 4.49. The molecule has 108 valence electrons. The minimum Gasteiger partial charge on any atom is -0.493 e. The van der Waals surface area contributed by atoms with Crippen molar-refractivity contribution in [3.63, 3.8) is 0 Å². The average molecular weight is 268 g/mol. The summed E-state index contributed by atoms with van der Waals surface area (Å²) < 4.78 is 15.9. The van der Waals surface area contributed by atoms with Crippen LogP contribution >= 0.6 is 0 Å². The minimum absolute atomic E-state index is 0.206. The highest BCUT2D eigenvalue weighted by Gasteiger charge is 2.13. The Labute approximate surface area is 115 Å². The maximum atomic E-state index is 9.55. The van der Waals surface area contributed by atoms with E-state index in [-0.39, 0.29) is 6.10 Å². The number of benzene rings is 1. The van der Waals surface area contributed by atoms with Gasteiger partial charge in [0.1, 0.15) is 0 Å². The Kier molecular flexibility index (Phi) is 6.50. The highest BCUT2D eigenvalue weighted by atomic mass is 16.5. The topological polar surface area (TPSA) is 47.9 Å². The zero-order valence-corrected chi connectivity index (χ0v) is 12.2. The van der Waals surface area contributed by atoms with Gasteiger partial charge in [0.25, 0.3) is 0 Å². The molecule has 1 N–H and O–H groups in total. The summed E-state index contributed by atoms with van der Waals surface area (Å²) in [6.07, 6.45) is 3.23. The van der Waals surface area contributed by atoms with Gasteiger partial charge in [0.2, 0.25) is 5.75 Å². The highest BCUT2D eigenvalue weighted by molar-refractivity contribution is 5.53. The van der Waals surface area contributed by atoms with Crippen LogP contribution in [0.2, 0.25) is 0 Å². The molecule has 4 nitrogen and oxygen atoms in total. The van der Waals surface area contributed by atoms with Crippen molar-refractivity contribution in [2.45, 2.75) is 38.7 Å². The Morgan fingerprint density at radius 3 is 2.05 bits per heavy atom. The maximum Gasteiger partial charge on any atom is 0.203 e. The Morgan fingerprint density at radius 2 is 1.63 bits per heavy atom. The lowest BCUT2D eigenvalue weighted by Gasteiger charge is -2.14. The van der Waals surface area contributed by atoms with Gasteiger partial charge < -0.3 is 19.3 Å². The fourth-order valence-corrected chi connectivity index (χ4v) is 2.03. The van der Waals surface area contributed by atoms with Gasteiger partial charge in [0.15, 0.2) is 11.5 Å². The van der Waals surface area contributed by atoms with Crippen molar-refractivity contribution in [2.75, 3.05) is 21.3 Å². The van der Waals surface area contributed by atoms with Crippen LogP contribution in [-0.2, 0) is 6.42 Å². The van der Waals surface area contributed by atoms with Gasteiger partial charge in [-0.1, -0.05) is 6.92 Å². The summed E-state index contributed by atoms with van der Waals surface area (Å²) in [7, 11) is 4.82. The quantitative estimate of drug-likeness (QED) is 0.787. The lowest BCUT2D eigenvalue weighted by Crippen LogP contribution is -2.04. The summed E-state index contributed by atoms with van der Waals surface area (Å²) in [6.45, 7) is 1.99. The third-order valence-electron chi connectivity index (χ3n) is 3.20. The third-order valence-corrected chi connectivity index (χ3v) is 3.20. The zero-order chi connectivity index (χ0) is 14.3. The second-order valence-electron chi connectivity index (χ2n) is 4.49. The molecule has 1 unspecified atom stereocenters. The Bertz CT molecular complexity index is 365. The van der Waals surface area contributed by atoms with E-state index >= 15 is 0 Å². The van der Waals surface area contributed by atoms with Crippen LogP contribution in [0.15, 0.2) is 12.1 Å². The van der Waals surface area contributed by atoms with E-state index in [1.165, 1.54) is 0 Å². The van der Waals surface area contributed by atoms with E-state index in [0.29, 0.717) is 17.2 Å². The van der Waals surface area contributed by atoms with E-state index < -0.39 is 0 Å². The molecule has 0 radical (unpaired) electrons. The van der Waals surface area contributed by atoms with Gasteiger partial charge in [0, 0.05) is 0 Å². The fraction of sp³-hybridized carbons (Fsp3) is 0.600. The molecule has 0 fully saturated rings. The highest BCUT2D eigenvalue weighted by Crippen LogP contribution is 2.38. The van der Waals surface area contributed by atoms with Crippen molar-refractivity contribution in [1.82, 2.24) is 0 Å². The van der Waals surface area contributed by atoms with Crippen molar-refractivity contribution >= 4 is 0 Å². The van der Waals surface area contributed by atoms with Gasteiger partial charge in [0.05, 0.1) is 27.4 Å². The van der Waals surface area contributed by atoms with Crippen LogP contribution in [0.3, 0.4) is 0 Å². The number of hydrogen-bond donors (Lipinski definition) is 1. The molecular weight excluding hydrogens is 244 g/mol. The number of rotatable bonds is 8. The van der Waals surface area contributed by atoms with Crippen LogP contribution in [-0.4, -0.2) is 32.5 Å². The van der Waals surface area contributed by atoms with Crippen LogP contribution in [0.4, 0.5) is 0 Å². The van der Waals surface area contributed by atoms with Crippen LogP contribution in [0.1, 0.15) is 31.7 Å². The monoisotopic (exact) mass is 268 g/mol. The number of aliphatic hydroxyl groups excluding tert-OH is 1. The van der Waals surface area contributed by atoms with Crippen LogP contribution in [0.5, 0.6) is 17.2 Å². The molecule has 1 rings (SSSR count). The summed E-state index contributed by atoms with van der Waals surface area (Å²) >= 11 is 0. The molecule has 0 amide bonds. The van der Waals surface area contributed by atoms with Gasteiger partial charge in [-0.3, -0.25) is 0 Å². The Balaban J connectivity index is 2.79. The SMILES string of the molecule is CCC(O)CCCc1cc(OC)c(OC)c(OC)c1. The number of aliphatic hydroxyl groups is 1. The Morgan fingerprint density at radius 1 is 1.05 bits per heavy atom. The maximum absolute atomic E-state index is 9.55. The van der Waals surface area contributed by atoms with E-state index in [1.807, 2.05) is 19.1 Å². The molecule has 19 heavy (non-hydrogen) atoms. The number of hydrogen-bond acceptors (Lipinski definition) is 4. The molecule has 0 aliphatic rings. The Hall–Kier alpha value is -1.42. The van der Waals surface area contributed by atoms with E-state index in [9.17, 15) is 5.11 Å². The van der Waals surface area contributed by atoms with E-state index in [1.54, 1.807) is 21.3 Å². The van der Waals surface area contributed by atoms with Gasteiger partial charge in [-0.05, 0) is 43.4 Å². The summed E-state index contributed by atoms with van der Waals surface area (Å²) in [5.41, 5.74) is 1.12. The van der Waals surface area contributed by atoms with Crippen molar-refractivity contribution < 1.29 is 19.3 Å². The van der Waals surface area contributed by atoms with Crippen molar-refractivity contribution in [1.29, 1.82) is 0 Å². The largest absolute Gasteiger partial charge is 0.493 e. The lowest BCUT2D eigenvalue weighted by molar-refractivity contribution is 0.157. The second kappa shape index (κ2) is 7.89. The molecule has 0 saturated carbocycles. The molecule has 0 aromatic heterocycles. The predicted molar refractivity (Wildman–Crippen MR) is 75.3 cm³/mol. The first-order chi connectivity index (χ1) is 9.15. The first kappa shape index (κ1) is 15.6. The molecule has 0 aliphatic carbocycles. The molecule has 0 spiro atoms. The fourth-order valence-electron chi connectivity index (χ4n) is 2.03. The van der Waals surface area contributed by atoms with Gasteiger partial charge in [-0.15, -0.1) is 0 Å². The minimum atomic E-state index is -0.206. The number of ether oxygens (including phenoxy) is 3. The lowest BCUT2D eigenvalue weighted by atomic mass is 10.0. The van der Waals surface area contributed by atoms with Gasteiger partial charge in [-0.25, -0.2) is 0 Å². The molecular formula is C15H24O4. The molecule has 0 saturated heterocycles. The van der Waals surface area contributed by atoms with Crippen molar-refractivity contribution in [3.05, 3.63) is 17.7 Å². The molecule has 1 atom stereocenters. The van der Waals surface area contributed by atoms with E-state index in [2.05, 4.69) is 0 Å². The van der Waals surface area contributed by atoms with Crippen LogP contribution < -0.4 is 14.2 Å². The summed E-state index contributed by atoms with van der Waals surface area (Å²) in [5, 5.41) is 9.55. The molecule has 0 bridgehead atoms. The predicted octanol–water partition coefficient (Wildman–Crippen LogP) is 2.81. The molecule has 1 aromatic rings. The smallest absolute Gasteiger partial charge is 0.203 e. The molecule has 4 heteroatoms. The first-order valence-corrected chi connectivity index (χ1v) is 6.63. The van der Waals surface area contributed by atoms with Gasteiger partial charge >= 0.3 is 0 Å². The molecule has 0 heterocycles. The summed E-state index contributed by atoms with van der Waals surface area (Å²) in [6, 6.07) is 3.92.